The van der Waals surface area contributed by atoms with Crippen LogP contribution in [0.5, 0.6) is 5.75 Å². The minimum Gasteiger partial charge on any atom is -0.497 e. The van der Waals surface area contributed by atoms with Gasteiger partial charge in [-0.25, -0.2) is 0 Å². The largest absolute Gasteiger partial charge is 0.497 e. The van der Waals surface area contributed by atoms with Crippen molar-refractivity contribution < 1.29 is 9.47 Å². The second kappa shape index (κ2) is 8.39. The predicted molar refractivity (Wildman–Crippen MR) is 112 cm³/mol. The SMILES string of the molecule is CC/C=C\C=C(/CC)OCCN1CCC2(C)c3cc(OC)ccc3N(C)C12. The highest BCUT2D eigenvalue weighted by Gasteiger charge is 2.53. The number of anilines is 1. The molecule has 1 aromatic rings. The molecule has 0 amide bonds. The smallest absolute Gasteiger partial charge is 0.119 e. The summed E-state index contributed by atoms with van der Waals surface area (Å²) in [5, 5.41) is 0. The molecule has 27 heavy (non-hydrogen) atoms. The first-order chi connectivity index (χ1) is 13.0. The molecule has 0 N–H and O–H groups in total. The first kappa shape index (κ1) is 19.8. The summed E-state index contributed by atoms with van der Waals surface area (Å²) in [7, 11) is 3.96. The minimum absolute atomic E-state index is 0.145. The monoisotopic (exact) mass is 370 g/mol. The third-order valence-corrected chi connectivity index (χ3v) is 6.07. The minimum atomic E-state index is 0.145. The Morgan fingerprint density at radius 3 is 2.85 bits per heavy atom. The van der Waals surface area contributed by atoms with Gasteiger partial charge in [-0.1, -0.05) is 32.9 Å². The van der Waals surface area contributed by atoms with Gasteiger partial charge in [0.05, 0.1) is 19.0 Å². The lowest BCUT2D eigenvalue weighted by Gasteiger charge is -2.34. The van der Waals surface area contributed by atoms with E-state index >= 15 is 0 Å². The molecule has 0 saturated carbocycles. The Hall–Kier alpha value is -1.94. The molecule has 2 unspecified atom stereocenters. The molecule has 4 nitrogen and oxygen atoms in total. The third kappa shape index (κ3) is 3.73. The van der Waals surface area contributed by atoms with Crippen molar-refractivity contribution >= 4 is 5.69 Å². The summed E-state index contributed by atoms with van der Waals surface area (Å²) in [4.78, 5) is 5.00. The molecule has 3 rings (SSSR count). The lowest BCUT2D eigenvalue weighted by molar-refractivity contribution is 0.138. The van der Waals surface area contributed by atoms with Crippen molar-refractivity contribution in [1.82, 2.24) is 4.90 Å². The van der Waals surface area contributed by atoms with E-state index in [9.17, 15) is 0 Å². The second-order valence-corrected chi connectivity index (χ2v) is 7.74. The number of rotatable bonds is 8. The molecule has 1 fully saturated rings. The van der Waals surface area contributed by atoms with E-state index in [-0.39, 0.29) is 5.41 Å². The number of benzene rings is 1. The molecule has 0 spiro atoms. The molecule has 2 aliphatic heterocycles. The summed E-state index contributed by atoms with van der Waals surface area (Å²) < 4.78 is 11.5. The van der Waals surface area contributed by atoms with Crippen molar-refractivity contribution in [2.45, 2.75) is 51.6 Å². The van der Waals surface area contributed by atoms with E-state index in [4.69, 9.17) is 9.47 Å². The Labute approximate surface area is 164 Å². The predicted octanol–water partition coefficient (Wildman–Crippen LogP) is 4.71. The maximum atomic E-state index is 6.06. The van der Waals surface area contributed by atoms with E-state index in [1.165, 1.54) is 11.3 Å². The molecule has 2 atom stereocenters. The molecular weight excluding hydrogens is 336 g/mol. The van der Waals surface area contributed by atoms with Gasteiger partial charge < -0.3 is 14.4 Å². The number of likely N-dealkylation sites (N-methyl/N-ethyl adjacent to an activating group) is 1. The Morgan fingerprint density at radius 1 is 1.33 bits per heavy atom. The standard InChI is InChI=1S/C23H34N2O2/c1-6-8-9-10-18(7-2)27-16-15-25-14-13-23(3)20-17-19(26-5)11-12-21(20)24(4)22(23)25/h8-12,17,22H,6-7,13-16H2,1-5H3/b9-8-,18-10+. The molecular formula is C23H34N2O2. The van der Waals surface area contributed by atoms with E-state index in [0.29, 0.717) is 6.17 Å². The van der Waals surface area contributed by atoms with Gasteiger partial charge >= 0.3 is 0 Å². The average molecular weight is 371 g/mol. The zero-order valence-corrected chi connectivity index (χ0v) is 17.5. The topological polar surface area (TPSA) is 24.9 Å². The van der Waals surface area contributed by atoms with Gasteiger partial charge in [0.1, 0.15) is 12.4 Å². The van der Waals surface area contributed by atoms with Crippen molar-refractivity contribution in [1.29, 1.82) is 0 Å². The van der Waals surface area contributed by atoms with Crippen LogP contribution in [0.15, 0.2) is 42.2 Å². The van der Waals surface area contributed by atoms with Gasteiger partial charge in [0, 0.05) is 37.7 Å². The lowest BCUT2D eigenvalue weighted by atomic mass is 9.81. The van der Waals surface area contributed by atoms with Crippen LogP contribution < -0.4 is 9.64 Å². The van der Waals surface area contributed by atoms with E-state index in [0.717, 1.165) is 50.5 Å². The number of nitrogens with zero attached hydrogens (tertiary/aromatic N) is 2. The Kier molecular flexibility index (Phi) is 6.15. The van der Waals surface area contributed by atoms with Gasteiger partial charge in [-0.05, 0) is 42.7 Å². The Bertz CT molecular complexity index is 712. The van der Waals surface area contributed by atoms with Crippen LogP contribution in [0.2, 0.25) is 0 Å². The van der Waals surface area contributed by atoms with Crippen molar-refractivity contribution in [3.63, 3.8) is 0 Å². The molecule has 2 aliphatic rings. The molecule has 1 aromatic carbocycles. The zero-order chi connectivity index (χ0) is 19.4. The fraction of sp³-hybridized carbons (Fsp3) is 0.565. The quantitative estimate of drug-likeness (QED) is 0.489. The molecule has 0 radical (unpaired) electrons. The number of fused-ring (bicyclic) bond motifs is 3. The van der Waals surface area contributed by atoms with Crippen molar-refractivity contribution in [2.24, 2.45) is 0 Å². The Balaban J connectivity index is 1.67. The van der Waals surface area contributed by atoms with Crippen LogP contribution in [0.3, 0.4) is 0 Å². The maximum absolute atomic E-state index is 6.06. The van der Waals surface area contributed by atoms with Crippen LogP contribution >= 0.6 is 0 Å². The van der Waals surface area contributed by atoms with Crippen molar-refractivity contribution in [3.8, 4) is 5.75 Å². The van der Waals surface area contributed by atoms with E-state index in [1.807, 2.05) is 0 Å². The molecule has 0 bridgehead atoms. The third-order valence-electron chi connectivity index (χ3n) is 6.07. The van der Waals surface area contributed by atoms with Crippen LogP contribution in [0.1, 0.15) is 45.6 Å². The number of methoxy groups -OCH3 is 1. The van der Waals surface area contributed by atoms with Crippen LogP contribution in [0.4, 0.5) is 5.69 Å². The molecule has 2 heterocycles. The van der Waals surface area contributed by atoms with E-state index in [2.05, 4.69) is 74.0 Å². The molecule has 0 aliphatic carbocycles. The second-order valence-electron chi connectivity index (χ2n) is 7.74. The Morgan fingerprint density at radius 2 is 2.15 bits per heavy atom. The number of ether oxygens (including phenoxy) is 2. The molecule has 4 heteroatoms. The van der Waals surface area contributed by atoms with Crippen LogP contribution in [0.25, 0.3) is 0 Å². The van der Waals surface area contributed by atoms with Gasteiger partial charge in [0.25, 0.3) is 0 Å². The van der Waals surface area contributed by atoms with Gasteiger partial charge in [0.2, 0.25) is 0 Å². The zero-order valence-electron chi connectivity index (χ0n) is 17.5. The highest BCUT2D eigenvalue weighted by Crippen LogP contribution is 2.52. The fourth-order valence-electron chi connectivity index (χ4n) is 4.62. The van der Waals surface area contributed by atoms with Gasteiger partial charge in [0.15, 0.2) is 0 Å². The molecule has 1 saturated heterocycles. The van der Waals surface area contributed by atoms with Crippen LogP contribution in [0, 0.1) is 0 Å². The number of allylic oxidation sites excluding steroid dienone is 4. The maximum Gasteiger partial charge on any atom is 0.119 e. The first-order valence-corrected chi connectivity index (χ1v) is 10.2. The lowest BCUT2D eigenvalue weighted by Crippen LogP contribution is -2.48. The van der Waals surface area contributed by atoms with Crippen molar-refractivity contribution in [3.05, 3.63) is 47.7 Å². The highest BCUT2D eigenvalue weighted by molar-refractivity contribution is 5.66. The normalized spacial score (nSPS) is 25.1. The molecule has 148 valence electrons. The van der Waals surface area contributed by atoms with Crippen LogP contribution in [-0.2, 0) is 10.2 Å². The summed E-state index contributed by atoms with van der Waals surface area (Å²) in [6, 6.07) is 6.49. The highest BCUT2D eigenvalue weighted by atomic mass is 16.5. The van der Waals surface area contributed by atoms with Gasteiger partial charge in [-0.15, -0.1) is 0 Å². The number of likely N-dealkylation sites (tertiary alicyclic amines) is 1. The van der Waals surface area contributed by atoms with Gasteiger partial charge in [-0.3, -0.25) is 4.90 Å². The van der Waals surface area contributed by atoms with E-state index in [1.54, 1.807) is 7.11 Å². The van der Waals surface area contributed by atoms with Crippen LogP contribution in [-0.4, -0.2) is 44.9 Å². The summed E-state index contributed by atoms with van der Waals surface area (Å²) in [6.07, 6.45) is 9.89. The van der Waals surface area contributed by atoms with Gasteiger partial charge in [-0.2, -0.15) is 0 Å². The average Bonchev–Trinajstić information content (AvgIpc) is 3.13. The first-order valence-electron chi connectivity index (χ1n) is 10.2. The van der Waals surface area contributed by atoms with E-state index < -0.39 is 0 Å². The fourth-order valence-corrected chi connectivity index (χ4v) is 4.62. The molecule has 0 aromatic heterocycles. The number of hydrogen-bond acceptors (Lipinski definition) is 4. The summed E-state index contributed by atoms with van der Waals surface area (Å²) in [6.45, 7) is 9.48. The van der Waals surface area contributed by atoms with Crippen molar-refractivity contribution in [2.75, 3.05) is 38.8 Å². The summed E-state index contributed by atoms with van der Waals surface area (Å²) >= 11 is 0. The number of hydrogen-bond donors (Lipinski definition) is 0. The summed E-state index contributed by atoms with van der Waals surface area (Å²) in [5.74, 6) is 2.01. The summed E-state index contributed by atoms with van der Waals surface area (Å²) in [5.41, 5.74) is 2.88.